The van der Waals surface area contributed by atoms with E-state index in [-0.39, 0.29) is 11.2 Å². The number of fused-ring (bicyclic) bond motifs is 1. The van der Waals surface area contributed by atoms with E-state index < -0.39 is 5.97 Å². The molecule has 0 fully saturated rings. The highest BCUT2D eigenvalue weighted by molar-refractivity contribution is 5.84. The molecule has 0 aliphatic carbocycles. The van der Waals surface area contributed by atoms with E-state index in [9.17, 15) is 9.90 Å². The Bertz CT molecular complexity index is 980. The molecule has 0 amide bonds. The normalized spacial score (nSPS) is 11.5. The fourth-order valence-corrected chi connectivity index (χ4v) is 3.02. The molecular formula is C20H21N3O3. The van der Waals surface area contributed by atoms with Crippen LogP contribution in [0.2, 0.25) is 0 Å². The number of phenols is 1. The quantitative estimate of drug-likeness (QED) is 0.441. The number of hydrogen-bond donors (Lipinski definition) is 1. The lowest BCUT2D eigenvalue weighted by molar-refractivity contribution is -0.129. The van der Waals surface area contributed by atoms with Crippen molar-refractivity contribution in [3.05, 3.63) is 54.1 Å². The maximum Gasteiger partial charge on any atom is 0.335 e. The molecule has 3 aromatic rings. The fourth-order valence-electron chi connectivity index (χ4n) is 3.02. The molecule has 6 heteroatoms. The van der Waals surface area contributed by atoms with Gasteiger partial charge in [-0.3, -0.25) is 0 Å². The van der Waals surface area contributed by atoms with Crippen molar-refractivity contribution in [2.24, 2.45) is 0 Å². The molecule has 3 rings (SSSR count). The van der Waals surface area contributed by atoms with E-state index >= 15 is 0 Å². The Labute approximate surface area is 151 Å². The lowest BCUT2D eigenvalue weighted by Gasteiger charge is -2.25. The summed E-state index contributed by atoms with van der Waals surface area (Å²) in [6.45, 7) is 11.2. The monoisotopic (exact) mass is 351 g/mol. The molecule has 1 aromatic heterocycles. The minimum Gasteiger partial charge on any atom is -0.505 e. The SMILES string of the molecule is C=CC(=O)Oc1cc(-n2nc3ccccc3n2)c(O)c(C(C)(C)C)c1C. The van der Waals surface area contributed by atoms with Gasteiger partial charge in [0.15, 0.2) is 0 Å². The molecule has 0 aliphatic rings. The zero-order valence-electron chi connectivity index (χ0n) is 15.3. The van der Waals surface area contributed by atoms with E-state index in [4.69, 9.17) is 4.74 Å². The molecule has 2 aromatic carbocycles. The third kappa shape index (κ3) is 3.06. The summed E-state index contributed by atoms with van der Waals surface area (Å²) in [4.78, 5) is 13.1. The van der Waals surface area contributed by atoms with Crippen molar-refractivity contribution < 1.29 is 14.6 Å². The molecule has 0 bridgehead atoms. The molecule has 1 N–H and O–H groups in total. The number of aromatic hydroxyl groups is 1. The third-order valence-electron chi connectivity index (χ3n) is 4.12. The minimum atomic E-state index is -0.566. The maximum atomic E-state index is 11.7. The lowest BCUT2D eigenvalue weighted by Crippen LogP contribution is -2.17. The molecule has 134 valence electrons. The molecule has 0 atom stereocenters. The zero-order chi connectivity index (χ0) is 19.1. The molecule has 6 nitrogen and oxygen atoms in total. The number of carbonyl (C=O) groups is 1. The first-order valence-electron chi connectivity index (χ1n) is 8.26. The van der Waals surface area contributed by atoms with Crippen LogP contribution in [0.5, 0.6) is 11.5 Å². The number of aromatic nitrogens is 3. The molecule has 0 radical (unpaired) electrons. The number of benzene rings is 2. The van der Waals surface area contributed by atoms with E-state index in [1.165, 1.54) is 4.80 Å². The number of hydrogen-bond acceptors (Lipinski definition) is 5. The number of esters is 1. The van der Waals surface area contributed by atoms with Crippen LogP contribution < -0.4 is 4.74 Å². The first-order valence-corrected chi connectivity index (χ1v) is 8.26. The average molecular weight is 351 g/mol. The average Bonchev–Trinajstić information content (AvgIpc) is 2.99. The fraction of sp³-hybridized carbons (Fsp3) is 0.250. The van der Waals surface area contributed by atoms with Gasteiger partial charge in [-0.05, 0) is 30.0 Å². The van der Waals surface area contributed by atoms with Gasteiger partial charge < -0.3 is 9.84 Å². The predicted octanol–water partition coefficient (Wildman–Crippen LogP) is 3.82. The van der Waals surface area contributed by atoms with E-state index in [1.54, 1.807) is 6.07 Å². The zero-order valence-corrected chi connectivity index (χ0v) is 15.3. The Morgan fingerprint density at radius 3 is 2.31 bits per heavy atom. The van der Waals surface area contributed by atoms with Gasteiger partial charge in [-0.15, -0.1) is 15.0 Å². The van der Waals surface area contributed by atoms with Crippen molar-refractivity contribution >= 4 is 17.0 Å². The van der Waals surface area contributed by atoms with Crippen LogP contribution in [0.4, 0.5) is 0 Å². The van der Waals surface area contributed by atoms with Crippen molar-refractivity contribution in [3.63, 3.8) is 0 Å². The van der Waals surface area contributed by atoms with Crippen molar-refractivity contribution in [2.75, 3.05) is 0 Å². The minimum absolute atomic E-state index is 0.0636. The highest BCUT2D eigenvalue weighted by Gasteiger charge is 2.27. The number of phenolic OH excluding ortho intramolecular Hbond substituents is 1. The van der Waals surface area contributed by atoms with Crippen LogP contribution >= 0.6 is 0 Å². The van der Waals surface area contributed by atoms with Gasteiger partial charge in [-0.1, -0.05) is 39.5 Å². The predicted molar refractivity (Wildman–Crippen MR) is 99.8 cm³/mol. The molecule has 0 saturated carbocycles. The molecule has 0 aliphatic heterocycles. The van der Waals surface area contributed by atoms with Gasteiger partial charge >= 0.3 is 5.97 Å². The lowest BCUT2D eigenvalue weighted by atomic mass is 9.82. The number of rotatable bonds is 3. The summed E-state index contributed by atoms with van der Waals surface area (Å²) in [5, 5.41) is 19.8. The summed E-state index contributed by atoms with van der Waals surface area (Å²) in [6, 6.07) is 8.99. The first-order chi connectivity index (χ1) is 12.2. The topological polar surface area (TPSA) is 77.2 Å². The van der Waals surface area contributed by atoms with Crippen molar-refractivity contribution in [2.45, 2.75) is 33.1 Å². The summed E-state index contributed by atoms with van der Waals surface area (Å²) in [6.07, 6.45) is 1.10. The summed E-state index contributed by atoms with van der Waals surface area (Å²) in [5.41, 5.74) is 2.73. The summed E-state index contributed by atoms with van der Waals surface area (Å²) >= 11 is 0. The molecule has 1 heterocycles. The highest BCUT2D eigenvalue weighted by atomic mass is 16.5. The smallest absolute Gasteiger partial charge is 0.335 e. The van der Waals surface area contributed by atoms with Crippen LogP contribution in [0.3, 0.4) is 0 Å². The van der Waals surface area contributed by atoms with E-state index in [0.29, 0.717) is 33.6 Å². The molecular weight excluding hydrogens is 330 g/mol. The maximum absolute atomic E-state index is 11.7. The Kier molecular flexibility index (Phi) is 4.28. The summed E-state index contributed by atoms with van der Waals surface area (Å²) < 4.78 is 5.38. The van der Waals surface area contributed by atoms with Crippen LogP contribution in [0.1, 0.15) is 31.9 Å². The third-order valence-corrected chi connectivity index (χ3v) is 4.12. The Morgan fingerprint density at radius 1 is 1.23 bits per heavy atom. The van der Waals surface area contributed by atoms with Gasteiger partial charge in [0.1, 0.15) is 28.2 Å². The Morgan fingerprint density at radius 2 is 1.81 bits per heavy atom. The van der Waals surface area contributed by atoms with Crippen molar-refractivity contribution in [3.8, 4) is 17.2 Å². The summed E-state index contributed by atoms with van der Waals surface area (Å²) in [7, 11) is 0. The molecule has 0 spiro atoms. The molecule has 26 heavy (non-hydrogen) atoms. The van der Waals surface area contributed by atoms with Crippen LogP contribution in [0, 0.1) is 6.92 Å². The van der Waals surface area contributed by atoms with Gasteiger partial charge in [0.25, 0.3) is 0 Å². The Hall–Kier alpha value is -3.15. The van der Waals surface area contributed by atoms with Gasteiger partial charge in [-0.2, -0.15) is 0 Å². The van der Waals surface area contributed by atoms with Gasteiger partial charge in [-0.25, -0.2) is 4.79 Å². The van der Waals surface area contributed by atoms with Crippen molar-refractivity contribution in [1.82, 2.24) is 15.0 Å². The van der Waals surface area contributed by atoms with E-state index in [1.807, 2.05) is 52.0 Å². The van der Waals surface area contributed by atoms with E-state index in [0.717, 1.165) is 6.08 Å². The van der Waals surface area contributed by atoms with Crippen LogP contribution in [-0.4, -0.2) is 26.1 Å². The van der Waals surface area contributed by atoms with Crippen LogP contribution in [-0.2, 0) is 10.2 Å². The molecule has 0 saturated heterocycles. The highest BCUT2D eigenvalue weighted by Crippen LogP contribution is 2.42. The number of carbonyl (C=O) groups excluding carboxylic acids is 1. The van der Waals surface area contributed by atoms with Crippen molar-refractivity contribution in [1.29, 1.82) is 0 Å². The van der Waals surface area contributed by atoms with Crippen LogP contribution in [0.25, 0.3) is 16.7 Å². The second kappa shape index (κ2) is 6.29. The van der Waals surface area contributed by atoms with Gasteiger partial charge in [0.2, 0.25) is 0 Å². The molecule has 0 unspecified atom stereocenters. The second-order valence-corrected chi connectivity index (χ2v) is 7.10. The standard InChI is InChI=1S/C20H21N3O3/c1-6-17(24)26-16-11-15(19(25)18(12(16)2)20(3,4)5)23-21-13-9-7-8-10-14(13)22-23/h6-11,25H,1H2,2-5H3. The largest absolute Gasteiger partial charge is 0.505 e. The second-order valence-electron chi connectivity index (χ2n) is 7.10. The van der Waals surface area contributed by atoms with E-state index in [2.05, 4.69) is 16.8 Å². The number of ether oxygens (including phenoxy) is 1. The van der Waals surface area contributed by atoms with Gasteiger partial charge in [0, 0.05) is 17.7 Å². The van der Waals surface area contributed by atoms with Gasteiger partial charge in [0.05, 0.1) is 0 Å². The number of nitrogens with zero attached hydrogens (tertiary/aromatic N) is 3. The first kappa shape index (κ1) is 17.7. The van der Waals surface area contributed by atoms with Crippen LogP contribution in [0.15, 0.2) is 43.0 Å². The Balaban J connectivity index is 2.28. The summed E-state index contributed by atoms with van der Waals surface area (Å²) in [5.74, 6) is -0.161.